The number of hydrogen-bond acceptors (Lipinski definition) is 5. The van der Waals surface area contributed by atoms with Gasteiger partial charge in [-0.3, -0.25) is 19.6 Å². The van der Waals surface area contributed by atoms with Crippen LogP contribution in [0.5, 0.6) is 0 Å². The topological polar surface area (TPSA) is 102 Å². The van der Waals surface area contributed by atoms with Crippen molar-refractivity contribution in [3.05, 3.63) is 23.9 Å². The molecule has 0 spiro atoms. The number of rotatable bonds is 5. The average Bonchev–Trinajstić information content (AvgIpc) is 3.03. The van der Waals surface area contributed by atoms with Gasteiger partial charge in [0, 0.05) is 31.1 Å². The van der Waals surface area contributed by atoms with Crippen LogP contribution in [0.4, 0.5) is 5.69 Å². The first kappa shape index (κ1) is 18.9. The van der Waals surface area contributed by atoms with Crippen LogP contribution in [-0.2, 0) is 16.6 Å². The van der Waals surface area contributed by atoms with Crippen LogP contribution in [0.1, 0.15) is 50.1 Å². The zero-order valence-electron chi connectivity index (χ0n) is 16.4. The van der Waals surface area contributed by atoms with Crippen LogP contribution in [-0.4, -0.2) is 34.7 Å². The number of nitrogens with two attached hydrogens (primary N) is 1. The van der Waals surface area contributed by atoms with E-state index in [1.165, 1.54) is 25.7 Å². The number of fused-ring (bicyclic) bond motifs is 1. The summed E-state index contributed by atoms with van der Waals surface area (Å²) in [6, 6.07) is 6.20. The summed E-state index contributed by atoms with van der Waals surface area (Å²) in [6.45, 7) is 1.79. The summed E-state index contributed by atoms with van der Waals surface area (Å²) >= 11 is 0. The fraction of sp³-hybridized carbons (Fsp3) is 0.571. The summed E-state index contributed by atoms with van der Waals surface area (Å²) in [5.74, 6) is 0.592. The van der Waals surface area contributed by atoms with E-state index >= 15 is 0 Å². The van der Waals surface area contributed by atoms with Crippen molar-refractivity contribution >= 4 is 28.4 Å². The molecular formula is C21H29N5O2. The number of aromatic nitrogens is 2. The van der Waals surface area contributed by atoms with Gasteiger partial charge in [0.2, 0.25) is 11.8 Å². The van der Waals surface area contributed by atoms with Gasteiger partial charge in [0.05, 0.1) is 17.1 Å². The van der Waals surface area contributed by atoms with Crippen LogP contribution in [0.25, 0.3) is 10.9 Å². The summed E-state index contributed by atoms with van der Waals surface area (Å²) in [7, 11) is 1.90. The lowest BCUT2D eigenvalue weighted by molar-refractivity contribution is -0.134. The predicted molar refractivity (Wildman–Crippen MR) is 109 cm³/mol. The summed E-state index contributed by atoms with van der Waals surface area (Å²) in [5, 5.41) is 11.6. The maximum atomic E-state index is 12.2. The molecule has 0 radical (unpaired) electrons. The first-order valence-electron chi connectivity index (χ1n) is 10.3. The molecule has 1 atom stereocenters. The van der Waals surface area contributed by atoms with Crippen LogP contribution in [0, 0.1) is 11.8 Å². The van der Waals surface area contributed by atoms with Gasteiger partial charge in [-0.1, -0.05) is 0 Å². The number of anilines is 1. The van der Waals surface area contributed by atoms with Crippen molar-refractivity contribution in [3.8, 4) is 0 Å². The molecule has 1 saturated carbocycles. The highest BCUT2D eigenvalue weighted by atomic mass is 16.2. The molecule has 1 saturated heterocycles. The van der Waals surface area contributed by atoms with E-state index < -0.39 is 0 Å². The minimum absolute atomic E-state index is 0.200. The Bertz CT molecular complexity index is 882. The van der Waals surface area contributed by atoms with Gasteiger partial charge in [-0.15, -0.1) is 0 Å². The fourth-order valence-electron chi connectivity index (χ4n) is 4.54. The molecule has 7 nitrogen and oxygen atoms in total. The highest BCUT2D eigenvalue weighted by molar-refractivity contribution is 6.02. The normalized spacial score (nSPS) is 25.7. The van der Waals surface area contributed by atoms with Crippen molar-refractivity contribution in [1.29, 1.82) is 0 Å². The van der Waals surface area contributed by atoms with Crippen LogP contribution >= 0.6 is 0 Å². The monoisotopic (exact) mass is 383 g/mol. The van der Waals surface area contributed by atoms with Gasteiger partial charge in [0.15, 0.2) is 0 Å². The van der Waals surface area contributed by atoms with Crippen molar-refractivity contribution in [3.63, 3.8) is 0 Å². The minimum Gasteiger partial charge on any atom is -0.385 e. The van der Waals surface area contributed by atoms with Gasteiger partial charge in [-0.2, -0.15) is 5.10 Å². The van der Waals surface area contributed by atoms with E-state index in [4.69, 9.17) is 5.73 Å². The van der Waals surface area contributed by atoms with Crippen molar-refractivity contribution in [2.45, 2.75) is 44.4 Å². The fourth-order valence-corrected chi connectivity index (χ4v) is 4.54. The number of carbonyl (C=O) groups is 2. The number of aryl methyl sites for hydroxylation is 1. The Balaban J connectivity index is 1.47. The van der Waals surface area contributed by atoms with E-state index in [9.17, 15) is 9.59 Å². The second kappa shape index (κ2) is 7.91. The van der Waals surface area contributed by atoms with Crippen molar-refractivity contribution in [1.82, 2.24) is 15.1 Å². The van der Waals surface area contributed by atoms with Crippen LogP contribution in [0.2, 0.25) is 0 Å². The first-order valence-corrected chi connectivity index (χ1v) is 10.3. The molecule has 2 fully saturated rings. The molecular weight excluding hydrogens is 354 g/mol. The van der Waals surface area contributed by atoms with E-state index in [0.717, 1.165) is 35.4 Å². The number of hydrogen-bond donors (Lipinski definition) is 3. The predicted octanol–water partition coefficient (Wildman–Crippen LogP) is 2.27. The molecule has 2 heterocycles. The lowest BCUT2D eigenvalue weighted by atomic mass is 9.82. The number of imide groups is 1. The zero-order valence-corrected chi connectivity index (χ0v) is 16.4. The molecule has 2 amide bonds. The van der Waals surface area contributed by atoms with Gasteiger partial charge in [0.25, 0.3) is 0 Å². The third-order valence-electron chi connectivity index (χ3n) is 6.34. The van der Waals surface area contributed by atoms with E-state index in [0.29, 0.717) is 24.7 Å². The highest BCUT2D eigenvalue weighted by Gasteiger charge is 2.31. The molecule has 1 aliphatic heterocycles. The Hall–Kier alpha value is -2.41. The molecule has 2 aliphatic rings. The average molecular weight is 383 g/mol. The Labute approximate surface area is 165 Å². The number of piperidine rings is 1. The minimum atomic E-state index is -0.363. The largest absolute Gasteiger partial charge is 0.385 e. The van der Waals surface area contributed by atoms with Crippen LogP contribution < -0.4 is 16.4 Å². The maximum Gasteiger partial charge on any atom is 0.235 e. The number of nitrogens with zero attached hydrogens (tertiary/aromatic N) is 2. The third kappa shape index (κ3) is 3.76. The SMILES string of the molecule is Cn1nc(C2CCC(=O)NC2=O)c2ccc(NCC3CCC(CN)CC3)cc21. The Morgan fingerprint density at radius 3 is 2.64 bits per heavy atom. The van der Waals surface area contributed by atoms with E-state index in [1.54, 1.807) is 0 Å². The molecule has 1 aliphatic carbocycles. The van der Waals surface area contributed by atoms with E-state index in [-0.39, 0.29) is 17.7 Å². The van der Waals surface area contributed by atoms with Gasteiger partial charge < -0.3 is 11.1 Å². The quantitative estimate of drug-likeness (QED) is 0.688. The molecule has 150 valence electrons. The van der Waals surface area contributed by atoms with Gasteiger partial charge in [-0.05, 0) is 68.7 Å². The number of nitrogens with one attached hydrogen (secondary N) is 2. The van der Waals surface area contributed by atoms with E-state index in [2.05, 4.69) is 27.9 Å². The molecule has 4 N–H and O–H groups in total. The van der Waals surface area contributed by atoms with Crippen molar-refractivity contribution in [2.75, 3.05) is 18.4 Å². The molecule has 7 heteroatoms. The second-order valence-electron chi connectivity index (χ2n) is 8.25. The smallest absolute Gasteiger partial charge is 0.235 e. The van der Waals surface area contributed by atoms with Gasteiger partial charge in [0.1, 0.15) is 0 Å². The zero-order chi connectivity index (χ0) is 19.7. The summed E-state index contributed by atoms with van der Waals surface area (Å²) in [6.07, 6.45) is 5.82. The number of amides is 2. The Kier molecular flexibility index (Phi) is 5.35. The van der Waals surface area contributed by atoms with Crippen LogP contribution in [0.3, 0.4) is 0 Å². The first-order chi connectivity index (χ1) is 13.5. The standard InChI is InChI=1S/C21H29N5O2/c1-26-18-10-15(23-12-14-4-2-13(11-22)3-5-14)6-7-16(18)20(25-26)17-8-9-19(27)24-21(17)28/h6-7,10,13-14,17,23H,2-5,8-9,11-12,22H2,1H3,(H,24,27,28). The summed E-state index contributed by atoms with van der Waals surface area (Å²) in [5.41, 5.74) is 8.62. The van der Waals surface area contributed by atoms with E-state index in [1.807, 2.05) is 17.8 Å². The maximum absolute atomic E-state index is 12.2. The summed E-state index contributed by atoms with van der Waals surface area (Å²) in [4.78, 5) is 23.7. The van der Waals surface area contributed by atoms with Crippen LogP contribution in [0.15, 0.2) is 18.2 Å². The lowest BCUT2D eigenvalue weighted by Crippen LogP contribution is -2.39. The second-order valence-corrected chi connectivity index (χ2v) is 8.25. The molecule has 1 unspecified atom stereocenters. The molecule has 1 aromatic heterocycles. The molecule has 2 aromatic rings. The van der Waals surface area contributed by atoms with Crippen molar-refractivity contribution in [2.24, 2.45) is 24.6 Å². The molecule has 28 heavy (non-hydrogen) atoms. The van der Waals surface area contributed by atoms with Crippen molar-refractivity contribution < 1.29 is 9.59 Å². The molecule has 0 bridgehead atoms. The number of carbonyl (C=O) groups excluding carboxylic acids is 2. The third-order valence-corrected chi connectivity index (χ3v) is 6.34. The number of benzene rings is 1. The molecule has 1 aromatic carbocycles. The Morgan fingerprint density at radius 1 is 1.18 bits per heavy atom. The van der Waals surface area contributed by atoms with Gasteiger partial charge >= 0.3 is 0 Å². The van der Waals surface area contributed by atoms with Gasteiger partial charge in [-0.25, -0.2) is 0 Å². The lowest BCUT2D eigenvalue weighted by Gasteiger charge is -2.28. The highest BCUT2D eigenvalue weighted by Crippen LogP contribution is 2.32. The molecule has 4 rings (SSSR count). The summed E-state index contributed by atoms with van der Waals surface area (Å²) < 4.78 is 1.83. The Morgan fingerprint density at radius 2 is 1.93 bits per heavy atom.